The van der Waals surface area contributed by atoms with Crippen molar-refractivity contribution in [2.45, 2.75) is 20.3 Å². The number of nitrogens with one attached hydrogen (secondary N) is 1. The molecule has 0 aromatic heterocycles. The third-order valence-corrected chi connectivity index (χ3v) is 1.86. The minimum Gasteiger partial charge on any atom is -0.296 e. The van der Waals surface area contributed by atoms with Crippen LogP contribution in [-0.2, 0) is 4.79 Å². The molecule has 3 nitrogen and oxygen atoms in total. The van der Waals surface area contributed by atoms with E-state index >= 15 is 0 Å². The summed E-state index contributed by atoms with van der Waals surface area (Å²) in [5.41, 5.74) is 4.30. The quantitative estimate of drug-likeness (QED) is 0.455. The molecule has 1 aromatic carbocycles. The predicted octanol–water partition coefficient (Wildman–Crippen LogP) is 2.70. The van der Waals surface area contributed by atoms with E-state index in [9.17, 15) is 4.79 Å². The van der Waals surface area contributed by atoms with Crippen LogP contribution in [-0.4, -0.2) is 12.0 Å². The molecule has 15 heavy (non-hydrogen) atoms. The van der Waals surface area contributed by atoms with Crippen molar-refractivity contribution in [3.8, 4) is 0 Å². The lowest BCUT2D eigenvalue weighted by Crippen LogP contribution is -2.07. The van der Waals surface area contributed by atoms with Gasteiger partial charge in [0.1, 0.15) is 5.71 Å². The molecule has 1 aromatic rings. The zero-order chi connectivity index (χ0) is 11.1. The standard InChI is InChI=1S/C12H16N2O/c1-10(2)8-12(9-15)14-13-11-6-4-3-5-7-11/h3-7,9-10,13H,8H2,1-2H3/b14-12-. The summed E-state index contributed by atoms with van der Waals surface area (Å²) >= 11 is 0. The molecule has 0 radical (unpaired) electrons. The van der Waals surface area contributed by atoms with Crippen LogP contribution in [0.1, 0.15) is 20.3 Å². The number of carbonyl (C=O) groups is 1. The Balaban J connectivity index is 2.58. The van der Waals surface area contributed by atoms with Gasteiger partial charge in [0.2, 0.25) is 0 Å². The van der Waals surface area contributed by atoms with Crippen molar-refractivity contribution in [3.05, 3.63) is 30.3 Å². The van der Waals surface area contributed by atoms with Crippen LogP contribution in [0, 0.1) is 5.92 Å². The van der Waals surface area contributed by atoms with E-state index < -0.39 is 0 Å². The largest absolute Gasteiger partial charge is 0.296 e. The molecule has 0 fully saturated rings. The van der Waals surface area contributed by atoms with E-state index in [1.165, 1.54) is 0 Å². The summed E-state index contributed by atoms with van der Waals surface area (Å²) < 4.78 is 0. The van der Waals surface area contributed by atoms with E-state index in [0.717, 1.165) is 12.0 Å². The molecule has 0 aliphatic rings. The van der Waals surface area contributed by atoms with Gasteiger partial charge in [-0.05, 0) is 24.5 Å². The number of hydrogen-bond acceptors (Lipinski definition) is 3. The molecule has 1 N–H and O–H groups in total. The van der Waals surface area contributed by atoms with Crippen LogP contribution in [0.4, 0.5) is 5.69 Å². The van der Waals surface area contributed by atoms with Crippen LogP contribution in [0.2, 0.25) is 0 Å². The Morgan fingerprint density at radius 1 is 1.40 bits per heavy atom. The van der Waals surface area contributed by atoms with Gasteiger partial charge in [-0.15, -0.1) is 0 Å². The second-order valence-corrected chi connectivity index (χ2v) is 3.80. The highest BCUT2D eigenvalue weighted by Crippen LogP contribution is 2.06. The monoisotopic (exact) mass is 204 g/mol. The fourth-order valence-corrected chi connectivity index (χ4v) is 1.19. The molecule has 0 bridgehead atoms. The zero-order valence-corrected chi connectivity index (χ0v) is 9.10. The molecule has 0 aliphatic carbocycles. The number of rotatable bonds is 5. The van der Waals surface area contributed by atoms with Crippen molar-refractivity contribution >= 4 is 17.7 Å². The number of carbonyl (C=O) groups excluding carboxylic acids is 1. The van der Waals surface area contributed by atoms with Gasteiger partial charge in [-0.25, -0.2) is 0 Å². The molecule has 0 saturated carbocycles. The van der Waals surface area contributed by atoms with Crippen molar-refractivity contribution in [2.75, 3.05) is 5.43 Å². The lowest BCUT2D eigenvalue weighted by molar-refractivity contribution is -0.102. The predicted molar refractivity (Wildman–Crippen MR) is 63.0 cm³/mol. The maximum atomic E-state index is 10.7. The van der Waals surface area contributed by atoms with E-state index in [1.54, 1.807) is 0 Å². The zero-order valence-electron chi connectivity index (χ0n) is 9.10. The Morgan fingerprint density at radius 2 is 2.07 bits per heavy atom. The molecular weight excluding hydrogens is 188 g/mol. The van der Waals surface area contributed by atoms with E-state index in [2.05, 4.69) is 24.4 Å². The third kappa shape index (κ3) is 4.40. The lowest BCUT2D eigenvalue weighted by atomic mass is 10.1. The first kappa shape index (κ1) is 11.4. The summed E-state index contributed by atoms with van der Waals surface area (Å²) in [4.78, 5) is 10.7. The first-order valence-corrected chi connectivity index (χ1v) is 5.05. The second kappa shape index (κ2) is 5.96. The summed E-state index contributed by atoms with van der Waals surface area (Å²) in [6.45, 7) is 4.11. The highest BCUT2D eigenvalue weighted by atomic mass is 16.1. The molecule has 0 aliphatic heterocycles. The van der Waals surface area contributed by atoms with Crippen molar-refractivity contribution < 1.29 is 4.79 Å². The van der Waals surface area contributed by atoms with E-state index in [-0.39, 0.29) is 0 Å². The lowest BCUT2D eigenvalue weighted by Gasteiger charge is -2.04. The summed E-state index contributed by atoms with van der Waals surface area (Å²) in [5.74, 6) is 0.437. The van der Waals surface area contributed by atoms with Gasteiger partial charge < -0.3 is 0 Å². The van der Waals surface area contributed by atoms with Crippen molar-refractivity contribution in [3.63, 3.8) is 0 Å². The van der Waals surface area contributed by atoms with Crippen LogP contribution in [0.3, 0.4) is 0 Å². The first-order chi connectivity index (χ1) is 7.22. The summed E-state index contributed by atoms with van der Waals surface area (Å²) in [6.07, 6.45) is 1.50. The van der Waals surface area contributed by atoms with Crippen molar-refractivity contribution in [1.82, 2.24) is 0 Å². The smallest absolute Gasteiger partial charge is 0.166 e. The maximum Gasteiger partial charge on any atom is 0.166 e. The van der Waals surface area contributed by atoms with E-state index in [4.69, 9.17) is 0 Å². The fourth-order valence-electron chi connectivity index (χ4n) is 1.19. The van der Waals surface area contributed by atoms with Crippen molar-refractivity contribution in [1.29, 1.82) is 0 Å². The van der Waals surface area contributed by atoms with E-state index in [0.29, 0.717) is 18.1 Å². The Hall–Kier alpha value is -1.64. The molecule has 1 rings (SSSR count). The topological polar surface area (TPSA) is 41.5 Å². The van der Waals surface area contributed by atoms with Gasteiger partial charge in [-0.3, -0.25) is 10.2 Å². The van der Waals surface area contributed by atoms with Gasteiger partial charge in [0.25, 0.3) is 0 Å². The average molecular weight is 204 g/mol. The third-order valence-electron chi connectivity index (χ3n) is 1.86. The van der Waals surface area contributed by atoms with Crippen LogP contribution in [0.25, 0.3) is 0 Å². The van der Waals surface area contributed by atoms with Gasteiger partial charge in [0, 0.05) is 0 Å². The molecule has 0 amide bonds. The first-order valence-electron chi connectivity index (χ1n) is 5.05. The van der Waals surface area contributed by atoms with Gasteiger partial charge in [-0.1, -0.05) is 32.0 Å². The Labute approximate surface area is 90.2 Å². The van der Waals surface area contributed by atoms with Crippen LogP contribution in [0.5, 0.6) is 0 Å². The number of nitrogens with zero attached hydrogens (tertiary/aromatic N) is 1. The minimum absolute atomic E-state index is 0.437. The summed E-state index contributed by atoms with van der Waals surface area (Å²) in [6, 6.07) is 9.58. The molecule has 0 atom stereocenters. The van der Waals surface area contributed by atoms with Crippen LogP contribution < -0.4 is 5.43 Å². The molecule has 0 saturated heterocycles. The Morgan fingerprint density at radius 3 is 2.60 bits per heavy atom. The highest BCUT2D eigenvalue weighted by Gasteiger charge is 2.01. The number of benzene rings is 1. The second-order valence-electron chi connectivity index (χ2n) is 3.80. The number of hydrazone groups is 1. The van der Waals surface area contributed by atoms with Crippen LogP contribution in [0.15, 0.2) is 35.4 Å². The average Bonchev–Trinajstić information content (AvgIpc) is 2.25. The van der Waals surface area contributed by atoms with E-state index in [1.807, 2.05) is 30.3 Å². The molecular formula is C12H16N2O. The summed E-state index contributed by atoms with van der Waals surface area (Å²) in [5, 5.41) is 4.05. The number of para-hydroxylation sites is 1. The maximum absolute atomic E-state index is 10.7. The number of hydrogen-bond donors (Lipinski definition) is 1. The Kier molecular flexibility index (Phi) is 4.54. The van der Waals surface area contributed by atoms with Gasteiger partial charge >= 0.3 is 0 Å². The number of aldehydes is 1. The van der Waals surface area contributed by atoms with Gasteiger partial charge in [0.05, 0.1) is 5.69 Å². The molecule has 3 heteroatoms. The molecule has 0 heterocycles. The van der Waals surface area contributed by atoms with Gasteiger partial charge in [-0.2, -0.15) is 5.10 Å². The minimum atomic E-state index is 0.437. The van der Waals surface area contributed by atoms with Crippen LogP contribution >= 0.6 is 0 Å². The van der Waals surface area contributed by atoms with Gasteiger partial charge in [0.15, 0.2) is 6.29 Å². The summed E-state index contributed by atoms with van der Waals surface area (Å²) in [7, 11) is 0. The normalized spacial score (nSPS) is 11.5. The SMILES string of the molecule is CC(C)C/C(C=O)=N/Nc1ccccc1. The highest BCUT2D eigenvalue weighted by molar-refractivity contribution is 6.28. The molecule has 0 unspecified atom stereocenters. The Bertz CT molecular complexity index is 331. The molecule has 80 valence electrons. The molecule has 0 spiro atoms. The van der Waals surface area contributed by atoms with Crippen molar-refractivity contribution in [2.24, 2.45) is 11.0 Å². The number of anilines is 1. The fraction of sp³-hybridized carbons (Fsp3) is 0.333.